The molecule has 6 heteroatoms. The lowest BCUT2D eigenvalue weighted by Gasteiger charge is -2.13. The first-order valence-corrected chi connectivity index (χ1v) is 7.32. The molecule has 5 nitrogen and oxygen atoms in total. The van der Waals surface area contributed by atoms with Crippen LogP contribution in [-0.2, 0) is 0 Å². The van der Waals surface area contributed by atoms with Crippen LogP contribution >= 0.6 is 15.9 Å². The maximum absolute atomic E-state index is 12.0. The van der Waals surface area contributed by atoms with Crippen molar-refractivity contribution in [2.75, 3.05) is 6.54 Å². The molecule has 0 radical (unpaired) electrons. The van der Waals surface area contributed by atoms with Gasteiger partial charge in [0.15, 0.2) is 5.69 Å². The highest BCUT2D eigenvalue weighted by atomic mass is 79.9. The average Bonchev–Trinajstić information content (AvgIpc) is 2.67. The molecule has 0 saturated carbocycles. The Bertz CT molecular complexity index is 430. The van der Waals surface area contributed by atoms with Gasteiger partial charge in [0.1, 0.15) is 0 Å². The molecular weight excluding hydrogens is 310 g/mol. The van der Waals surface area contributed by atoms with Crippen LogP contribution in [0.4, 0.5) is 0 Å². The number of nitrogens with one attached hydrogen (secondary N) is 2. The zero-order valence-corrected chi connectivity index (χ0v) is 13.4. The molecule has 2 unspecified atom stereocenters. The molecule has 2 atom stereocenters. The third-order valence-corrected chi connectivity index (χ3v) is 3.68. The van der Waals surface area contributed by atoms with Gasteiger partial charge < -0.3 is 10.4 Å². The van der Waals surface area contributed by atoms with E-state index in [9.17, 15) is 9.90 Å². The van der Waals surface area contributed by atoms with Crippen LogP contribution in [-0.4, -0.2) is 33.9 Å². The number of hydrogen-bond acceptors (Lipinski definition) is 3. The zero-order valence-electron chi connectivity index (χ0n) is 11.8. The van der Waals surface area contributed by atoms with Gasteiger partial charge in [0.25, 0.3) is 5.91 Å². The van der Waals surface area contributed by atoms with Crippen LogP contribution < -0.4 is 5.32 Å². The summed E-state index contributed by atoms with van der Waals surface area (Å²) in [6.45, 7) is 8.33. The van der Waals surface area contributed by atoms with Gasteiger partial charge in [-0.25, -0.2) is 0 Å². The number of aliphatic hydroxyl groups is 1. The normalized spacial score (nSPS) is 14.5. The molecule has 1 amide bonds. The first-order valence-electron chi connectivity index (χ1n) is 6.52. The number of carbonyl (C=O) groups excluding carboxylic acids is 1. The van der Waals surface area contributed by atoms with Crippen molar-refractivity contribution < 1.29 is 9.90 Å². The maximum Gasteiger partial charge on any atom is 0.272 e. The Morgan fingerprint density at radius 1 is 1.42 bits per heavy atom. The van der Waals surface area contributed by atoms with E-state index in [1.54, 1.807) is 6.92 Å². The number of aromatic nitrogens is 2. The molecule has 1 aromatic heterocycles. The molecule has 0 aliphatic heterocycles. The third-order valence-electron chi connectivity index (χ3n) is 2.88. The number of amides is 1. The van der Waals surface area contributed by atoms with E-state index in [0.717, 1.165) is 10.2 Å². The van der Waals surface area contributed by atoms with Crippen molar-refractivity contribution in [1.82, 2.24) is 15.5 Å². The monoisotopic (exact) mass is 331 g/mol. The number of nitrogens with zero attached hydrogens (tertiary/aromatic N) is 1. The Labute approximate surface area is 122 Å². The van der Waals surface area contributed by atoms with Crippen molar-refractivity contribution >= 4 is 21.8 Å². The number of rotatable bonds is 6. The summed E-state index contributed by atoms with van der Waals surface area (Å²) in [5, 5.41) is 19.0. The lowest BCUT2D eigenvalue weighted by molar-refractivity contribution is 0.0933. The fourth-order valence-electron chi connectivity index (χ4n) is 1.89. The van der Waals surface area contributed by atoms with Gasteiger partial charge in [0.05, 0.1) is 16.3 Å². The number of aromatic amines is 1. The molecule has 0 bridgehead atoms. The van der Waals surface area contributed by atoms with Crippen LogP contribution in [0.3, 0.4) is 0 Å². The lowest BCUT2D eigenvalue weighted by atomic mass is 10.0. The van der Waals surface area contributed by atoms with Crippen LogP contribution in [0.5, 0.6) is 0 Å². The molecule has 0 aliphatic carbocycles. The predicted molar refractivity (Wildman–Crippen MR) is 78.2 cm³/mol. The first-order chi connectivity index (χ1) is 8.82. The van der Waals surface area contributed by atoms with Crippen molar-refractivity contribution in [3.8, 4) is 0 Å². The number of H-pyrrole nitrogens is 1. The molecule has 0 aromatic carbocycles. The quantitative estimate of drug-likeness (QED) is 0.749. The Morgan fingerprint density at radius 3 is 2.53 bits per heavy atom. The Kier molecular flexibility index (Phi) is 6.00. The van der Waals surface area contributed by atoms with E-state index >= 15 is 0 Å². The van der Waals surface area contributed by atoms with Crippen molar-refractivity contribution in [2.24, 2.45) is 5.92 Å². The van der Waals surface area contributed by atoms with Crippen LogP contribution in [0.2, 0.25) is 0 Å². The number of aliphatic hydroxyl groups excluding tert-OH is 1. The smallest absolute Gasteiger partial charge is 0.272 e. The van der Waals surface area contributed by atoms with E-state index in [4.69, 9.17) is 0 Å². The number of carbonyl (C=O) groups is 1. The van der Waals surface area contributed by atoms with Crippen LogP contribution in [0.15, 0.2) is 4.47 Å². The lowest BCUT2D eigenvalue weighted by Crippen LogP contribution is -2.30. The first kappa shape index (κ1) is 16.2. The summed E-state index contributed by atoms with van der Waals surface area (Å²) in [7, 11) is 0. The van der Waals surface area contributed by atoms with Crippen LogP contribution in [0.1, 0.15) is 56.2 Å². The fraction of sp³-hybridized carbons (Fsp3) is 0.692. The predicted octanol–water partition coefficient (Wildman–Crippen LogP) is 2.43. The van der Waals surface area contributed by atoms with Crippen LogP contribution in [0, 0.1) is 5.92 Å². The van der Waals surface area contributed by atoms with Crippen molar-refractivity contribution in [3.63, 3.8) is 0 Å². The van der Waals surface area contributed by atoms with Gasteiger partial charge in [0.2, 0.25) is 0 Å². The van der Waals surface area contributed by atoms with Gasteiger partial charge in [-0.15, -0.1) is 0 Å². The number of halogens is 1. The van der Waals surface area contributed by atoms with Gasteiger partial charge in [-0.3, -0.25) is 9.89 Å². The van der Waals surface area contributed by atoms with Gasteiger partial charge in [-0.1, -0.05) is 20.8 Å². The molecule has 3 N–H and O–H groups in total. The second-order valence-electron chi connectivity index (χ2n) is 5.35. The minimum atomic E-state index is -0.350. The summed E-state index contributed by atoms with van der Waals surface area (Å²) < 4.78 is 0.725. The summed E-state index contributed by atoms with van der Waals surface area (Å²) in [5.41, 5.74) is 1.30. The Hall–Kier alpha value is -0.880. The maximum atomic E-state index is 12.0. The molecule has 1 heterocycles. The second-order valence-corrected chi connectivity index (χ2v) is 6.15. The average molecular weight is 332 g/mol. The van der Waals surface area contributed by atoms with E-state index in [1.807, 2.05) is 20.8 Å². The van der Waals surface area contributed by atoms with E-state index in [-0.39, 0.29) is 23.8 Å². The third kappa shape index (κ3) is 4.62. The summed E-state index contributed by atoms with van der Waals surface area (Å²) >= 11 is 3.41. The fourth-order valence-corrected chi connectivity index (χ4v) is 2.71. The summed E-state index contributed by atoms with van der Waals surface area (Å²) in [5.74, 6) is 0.302. The molecular formula is C13H22BrN3O2. The highest BCUT2D eigenvalue weighted by molar-refractivity contribution is 9.10. The van der Waals surface area contributed by atoms with Gasteiger partial charge in [-0.2, -0.15) is 5.10 Å². The van der Waals surface area contributed by atoms with Gasteiger partial charge >= 0.3 is 0 Å². The van der Waals surface area contributed by atoms with Crippen molar-refractivity contribution in [3.05, 3.63) is 15.9 Å². The standard InChI is InChI=1S/C13H22BrN3O2/c1-7(2)11-10(14)12(17-16-11)13(19)15-6-8(3)5-9(4)18/h7-9,18H,5-6H2,1-4H3,(H,15,19)(H,16,17). The molecule has 1 aromatic rings. The molecule has 0 aliphatic rings. The molecule has 0 saturated heterocycles. The van der Waals surface area contributed by atoms with Gasteiger partial charge in [-0.05, 0) is 41.1 Å². The molecule has 19 heavy (non-hydrogen) atoms. The van der Waals surface area contributed by atoms with Gasteiger partial charge in [0, 0.05) is 6.54 Å². The number of hydrogen-bond donors (Lipinski definition) is 3. The van der Waals surface area contributed by atoms with Crippen LogP contribution in [0.25, 0.3) is 0 Å². The topological polar surface area (TPSA) is 78.0 Å². The largest absolute Gasteiger partial charge is 0.393 e. The summed E-state index contributed by atoms with van der Waals surface area (Å²) in [6.07, 6.45) is 0.316. The second kappa shape index (κ2) is 7.05. The van der Waals surface area contributed by atoms with E-state index < -0.39 is 0 Å². The molecule has 108 valence electrons. The summed E-state index contributed by atoms with van der Waals surface area (Å²) in [4.78, 5) is 12.0. The summed E-state index contributed by atoms with van der Waals surface area (Å²) in [6, 6.07) is 0. The zero-order chi connectivity index (χ0) is 14.6. The van der Waals surface area contributed by atoms with Crippen molar-refractivity contribution in [1.29, 1.82) is 0 Å². The Balaban J connectivity index is 2.59. The SMILES string of the molecule is CC(O)CC(C)CNC(=O)c1n[nH]c(C(C)C)c1Br. The molecule has 1 rings (SSSR count). The molecule has 0 spiro atoms. The molecule has 0 fully saturated rings. The van der Waals surface area contributed by atoms with E-state index in [2.05, 4.69) is 31.4 Å². The highest BCUT2D eigenvalue weighted by Crippen LogP contribution is 2.25. The Morgan fingerprint density at radius 2 is 2.05 bits per heavy atom. The van der Waals surface area contributed by atoms with Crippen molar-refractivity contribution in [2.45, 2.75) is 46.1 Å². The van der Waals surface area contributed by atoms with E-state index in [1.165, 1.54) is 0 Å². The minimum Gasteiger partial charge on any atom is -0.393 e. The van der Waals surface area contributed by atoms with E-state index in [0.29, 0.717) is 18.7 Å². The minimum absolute atomic E-state index is 0.201. The highest BCUT2D eigenvalue weighted by Gasteiger charge is 2.19.